The zero-order valence-corrected chi connectivity index (χ0v) is 19.8. The maximum absolute atomic E-state index is 13.4. The second-order valence-corrected chi connectivity index (χ2v) is 8.20. The molecule has 178 valence electrons. The van der Waals surface area contributed by atoms with E-state index >= 15 is 0 Å². The molecular formula is C27H27FN6O. The number of urea groups is 1. The van der Waals surface area contributed by atoms with Crippen LogP contribution in [0.25, 0.3) is 0 Å². The lowest BCUT2D eigenvalue weighted by molar-refractivity contribution is 0.259. The first-order valence-electron chi connectivity index (χ1n) is 11.2. The van der Waals surface area contributed by atoms with Crippen molar-refractivity contribution < 1.29 is 9.18 Å². The largest absolute Gasteiger partial charge is 0.378 e. The third-order valence-corrected chi connectivity index (χ3v) is 5.44. The van der Waals surface area contributed by atoms with Crippen LogP contribution in [0.1, 0.15) is 18.5 Å². The molecule has 2 amide bonds. The molecule has 4 aromatic rings. The average molecular weight is 471 g/mol. The van der Waals surface area contributed by atoms with Crippen LogP contribution >= 0.6 is 0 Å². The summed E-state index contributed by atoms with van der Waals surface area (Å²) < 4.78 is 13.3. The summed E-state index contributed by atoms with van der Waals surface area (Å²) in [5.41, 5.74) is 3.17. The van der Waals surface area contributed by atoms with Crippen molar-refractivity contribution in [3.63, 3.8) is 0 Å². The van der Waals surface area contributed by atoms with E-state index in [1.807, 2.05) is 80.5 Å². The molecule has 1 atom stereocenters. The van der Waals surface area contributed by atoms with Gasteiger partial charge in [0.05, 0.1) is 11.7 Å². The third-order valence-electron chi connectivity index (χ3n) is 5.44. The minimum atomic E-state index is -0.435. The smallest absolute Gasteiger partial charge is 0.332 e. The van der Waals surface area contributed by atoms with Gasteiger partial charge in [0.2, 0.25) is 5.95 Å². The number of hydrogen-bond acceptors (Lipinski definition) is 5. The highest BCUT2D eigenvalue weighted by molar-refractivity contribution is 6.06. The molecule has 0 aliphatic carbocycles. The number of benzene rings is 3. The Kier molecular flexibility index (Phi) is 7.21. The molecule has 0 saturated heterocycles. The number of nitrogens with one attached hydrogen (secondary N) is 2. The van der Waals surface area contributed by atoms with Gasteiger partial charge in [0.25, 0.3) is 0 Å². The van der Waals surface area contributed by atoms with E-state index in [0.717, 1.165) is 11.3 Å². The molecule has 3 aromatic carbocycles. The van der Waals surface area contributed by atoms with Crippen molar-refractivity contribution >= 4 is 34.9 Å². The molecule has 7 nitrogen and oxygen atoms in total. The molecule has 1 aromatic heterocycles. The standard InChI is InChI=1S/C27H27FN6O/c1-19(20-7-5-4-6-8-20)30-26-29-18-17-25(32-26)34(24-15-13-23(14-16-24)33(2)3)27(35)31-22-11-9-21(28)10-12-22/h4-19H,1-3H3,(H,31,35)(H,29,30,32). The Morgan fingerprint density at radius 1 is 0.886 bits per heavy atom. The summed E-state index contributed by atoms with van der Waals surface area (Å²) in [5, 5.41) is 6.11. The molecule has 0 fully saturated rings. The van der Waals surface area contributed by atoms with Crippen molar-refractivity contribution in [2.24, 2.45) is 0 Å². The van der Waals surface area contributed by atoms with Gasteiger partial charge in [0.15, 0.2) is 0 Å². The predicted molar refractivity (Wildman–Crippen MR) is 139 cm³/mol. The number of halogens is 1. The Morgan fingerprint density at radius 3 is 2.20 bits per heavy atom. The number of carbonyl (C=O) groups excluding carboxylic acids is 1. The number of carbonyl (C=O) groups is 1. The number of aromatic nitrogens is 2. The monoisotopic (exact) mass is 470 g/mol. The summed E-state index contributed by atoms with van der Waals surface area (Å²) in [5.74, 6) is 0.404. The van der Waals surface area contributed by atoms with E-state index in [0.29, 0.717) is 23.1 Å². The Hall–Kier alpha value is -4.46. The number of amides is 2. The van der Waals surface area contributed by atoms with Gasteiger partial charge >= 0.3 is 6.03 Å². The fraction of sp³-hybridized carbons (Fsp3) is 0.148. The van der Waals surface area contributed by atoms with Crippen molar-refractivity contribution in [2.75, 3.05) is 34.5 Å². The SMILES string of the molecule is CC(Nc1nccc(N(C(=O)Nc2ccc(F)cc2)c2ccc(N(C)C)cc2)n1)c1ccccc1. The van der Waals surface area contributed by atoms with E-state index in [2.05, 4.69) is 20.6 Å². The van der Waals surface area contributed by atoms with Crippen molar-refractivity contribution in [3.05, 3.63) is 103 Å². The zero-order valence-electron chi connectivity index (χ0n) is 19.8. The Balaban J connectivity index is 1.65. The quantitative estimate of drug-likeness (QED) is 0.335. The topological polar surface area (TPSA) is 73.4 Å². The molecule has 1 unspecified atom stereocenters. The van der Waals surface area contributed by atoms with Crippen molar-refractivity contribution in [1.82, 2.24) is 9.97 Å². The number of hydrogen-bond donors (Lipinski definition) is 2. The minimum absolute atomic E-state index is 0.0349. The first kappa shape index (κ1) is 23.7. The summed E-state index contributed by atoms with van der Waals surface area (Å²) in [6, 6.07) is 24.3. The summed E-state index contributed by atoms with van der Waals surface area (Å²) >= 11 is 0. The third kappa shape index (κ3) is 5.92. The van der Waals surface area contributed by atoms with Gasteiger partial charge in [-0.25, -0.2) is 19.1 Å². The Labute approximate surface area is 204 Å². The van der Waals surface area contributed by atoms with Gasteiger partial charge in [0, 0.05) is 37.7 Å². The number of anilines is 5. The van der Waals surface area contributed by atoms with E-state index in [9.17, 15) is 9.18 Å². The van der Waals surface area contributed by atoms with Crippen LogP contribution in [0.4, 0.5) is 38.0 Å². The predicted octanol–water partition coefficient (Wildman–Crippen LogP) is 6.23. The second kappa shape index (κ2) is 10.6. The van der Waals surface area contributed by atoms with E-state index in [1.54, 1.807) is 12.3 Å². The minimum Gasteiger partial charge on any atom is -0.378 e. The molecule has 0 aliphatic heterocycles. The van der Waals surface area contributed by atoms with E-state index in [1.165, 1.54) is 29.2 Å². The Morgan fingerprint density at radius 2 is 1.54 bits per heavy atom. The van der Waals surface area contributed by atoms with E-state index < -0.39 is 6.03 Å². The van der Waals surface area contributed by atoms with E-state index in [4.69, 9.17) is 0 Å². The molecule has 0 saturated carbocycles. The second-order valence-electron chi connectivity index (χ2n) is 8.20. The van der Waals surface area contributed by atoms with Gasteiger partial charge in [-0.1, -0.05) is 30.3 Å². The van der Waals surface area contributed by atoms with Gasteiger partial charge in [-0.15, -0.1) is 0 Å². The van der Waals surface area contributed by atoms with Gasteiger partial charge in [-0.05, 0) is 61.0 Å². The van der Waals surface area contributed by atoms with Crippen molar-refractivity contribution in [1.29, 1.82) is 0 Å². The number of nitrogens with zero attached hydrogens (tertiary/aromatic N) is 4. The molecule has 2 N–H and O–H groups in total. The maximum atomic E-state index is 13.4. The molecule has 0 spiro atoms. The van der Waals surface area contributed by atoms with Crippen molar-refractivity contribution in [2.45, 2.75) is 13.0 Å². The van der Waals surface area contributed by atoms with Crippen LogP contribution in [0, 0.1) is 5.82 Å². The molecule has 1 heterocycles. The van der Waals surface area contributed by atoms with Crippen LogP contribution in [0.15, 0.2) is 91.1 Å². The van der Waals surface area contributed by atoms with Crippen LogP contribution in [-0.2, 0) is 0 Å². The highest BCUT2D eigenvalue weighted by atomic mass is 19.1. The lowest BCUT2D eigenvalue weighted by atomic mass is 10.1. The van der Waals surface area contributed by atoms with Gasteiger partial charge in [-0.2, -0.15) is 4.98 Å². The molecule has 35 heavy (non-hydrogen) atoms. The summed E-state index contributed by atoms with van der Waals surface area (Å²) in [6.45, 7) is 2.02. The van der Waals surface area contributed by atoms with E-state index in [-0.39, 0.29) is 11.9 Å². The molecule has 0 bridgehead atoms. The molecular weight excluding hydrogens is 443 g/mol. The van der Waals surface area contributed by atoms with Crippen molar-refractivity contribution in [3.8, 4) is 0 Å². The summed E-state index contributed by atoms with van der Waals surface area (Å²) in [4.78, 5) is 25.8. The molecule has 8 heteroatoms. The number of rotatable bonds is 7. The zero-order chi connectivity index (χ0) is 24.8. The highest BCUT2D eigenvalue weighted by Gasteiger charge is 2.21. The molecule has 4 rings (SSSR count). The fourth-order valence-corrected chi connectivity index (χ4v) is 3.53. The summed E-state index contributed by atoms with van der Waals surface area (Å²) in [6.07, 6.45) is 1.61. The van der Waals surface area contributed by atoms with Gasteiger partial charge in [0.1, 0.15) is 11.6 Å². The average Bonchev–Trinajstić information content (AvgIpc) is 2.87. The van der Waals surface area contributed by atoms with Gasteiger partial charge < -0.3 is 15.5 Å². The van der Waals surface area contributed by atoms with Crippen LogP contribution in [0.5, 0.6) is 0 Å². The Bertz CT molecular complexity index is 1260. The van der Waals surface area contributed by atoms with Crippen LogP contribution in [0.3, 0.4) is 0 Å². The summed E-state index contributed by atoms with van der Waals surface area (Å²) in [7, 11) is 3.90. The molecule has 0 aliphatic rings. The fourth-order valence-electron chi connectivity index (χ4n) is 3.53. The first-order valence-corrected chi connectivity index (χ1v) is 11.2. The maximum Gasteiger partial charge on any atom is 0.332 e. The first-order chi connectivity index (χ1) is 16.9. The van der Waals surface area contributed by atoms with Crippen LogP contribution in [-0.4, -0.2) is 30.1 Å². The van der Waals surface area contributed by atoms with Gasteiger partial charge in [-0.3, -0.25) is 0 Å². The lowest BCUT2D eigenvalue weighted by Gasteiger charge is -2.24. The lowest BCUT2D eigenvalue weighted by Crippen LogP contribution is -2.31. The normalized spacial score (nSPS) is 11.4. The molecule has 0 radical (unpaired) electrons. The van der Waals surface area contributed by atoms with Crippen LogP contribution < -0.4 is 20.4 Å². The highest BCUT2D eigenvalue weighted by Crippen LogP contribution is 2.28. The van der Waals surface area contributed by atoms with Crippen LogP contribution in [0.2, 0.25) is 0 Å².